The minimum absolute atomic E-state index is 0.275. The number of aromatic nitrogens is 1. The molecule has 3 nitrogen and oxygen atoms in total. The van der Waals surface area contributed by atoms with Gasteiger partial charge in [-0.1, -0.05) is 60.7 Å². The summed E-state index contributed by atoms with van der Waals surface area (Å²) in [4.78, 5) is 12.7. The van der Waals surface area contributed by atoms with E-state index >= 15 is 0 Å². The zero-order chi connectivity index (χ0) is 16.8. The van der Waals surface area contributed by atoms with Gasteiger partial charge in [0.25, 0.3) is 0 Å². The van der Waals surface area contributed by atoms with Crippen molar-refractivity contribution < 1.29 is 9.53 Å². The van der Waals surface area contributed by atoms with Crippen molar-refractivity contribution >= 4 is 33.2 Å². The predicted molar refractivity (Wildman–Crippen MR) is 99.2 cm³/mol. The largest absolute Gasteiger partial charge is 0.457 e. The molecule has 120 valence electrons. The molecule has 25 heavy (non-hydrogen) atoms. The average Bonchev–Trinajstić information content (AvgIpc) is 3.24. The van der Waals surface area contributed by atoms with Gasteiger partial charge in [0.2, 0.25) is 0 Å². The first-order valence-corrected chi connectivity index (χ1v) is 8.28. The molecule has 0 bridgehead atoms. The Morgan fingerprint density at radius 3 is 2.40 bits per heavy atom. The molecule has 0 aliphatic heterocycles. The van der Waals surface area contributed by atoms with Gasteiger partial charge in [0.15, 0.2) is 0 Å². The molecule has 0 saturated heterocycles. The van der Waals surface area contributed by atoms with Crippen molar-refractivity contribution in [1.82, 2.24) is 4.40 Å². The number of carbonyl (C=O) groups excluding carboxylic acids is 1. The highest BCUT2D eigenvalue weighted by Crippen LogP contribution is 2.34. The van der Waals surface area contributed by atoms with Crippen LogP contribution in [0.2, 0.25) is 0 Å². The first-order chi connectivity index (χ1) is 12.3. The zero-order valence-electron chi connectivity index (χ0n) is 13.5. The van der Waals surface area contributed by atoms with E-state index in [1.54, 1.807) is 0 Å². The molecule has 3 aromatic carbocycles. The van der Waals surface area contributed by atoms with Crippen LogP contribution in [0.1, 0.15) is 15.9 Å². The normalized spacial score (nSPS) is 11.5. The molecule has 0 radical (unpaired) electrons. The van der Waals surface area contributed by atoms with Crippen molar-refractivity contribution in [2.24, 2.45) is 0 Å². The van der Waals surface area contributed by atoms with Crippen molar-refractivity contribution in [3.05, 3.63) is 90.1 Å². The third-order valence-corrected chi connectivity index (χ3v) is 4.71. The monoisotopic (exact) mass is 325 g/mol. The third-order valence-electron chi connectivity index (χ3n) is 4.71. The van der Waals surface area contributed by atoms with Gasteiger partial charge in [-0.2, -0.15) is 0 Å². The minimum atomic E-state index is -0.296. The third kappa shape index (κ3) is 2.09. The molecule has 0 spiro atoms. The molecule has 0 amide bonds. The molecule has 2 heterocycles. The van der Waals surface area contributed by atoms with Gasteiger partial charge in [0, 0.05) is 22.4 Å². The van der Waals surface area contributed by atoms with E-state index in [0.717, 1.165) is 27.4 Å². The molecule has 5 aromatic rings. The summed E-state index contributed by atoms with van der Waals surface area (Å²) < 4.78 is 7.65. The fourth-order valence-corrected chi connectivity index (χ4v) is 3.58. The fourth-order valence-electron chi connectivity index (χ4n) is 3.58. The van der Waals surface area contributed by atoms with Gasteiger partial charge >= 0.3 is 5.97 Å². The summed E-state index contributed by atoms with van der Waals surface area (Å²) in [5.74, 6) is -0.296. The standard InChI is InChI=1S/C22H15NO2/c24-22(25-14-15-6-2-1-3-7-15)19-11-5-10-18-17-9-4-8-16-12-13-23(20(16)17)21(18)19/h1-13H,14H2. The van der Waals surface area contributed by atoms with E-state index in [-0.39, 0.29) is 12.6 Å². The second kappa shape index (κ2) is 5.35. The summed E-state index contributed by atoms with van der Waals surface area (Å²) >= 11 is 0. The molecule has 0 saturated carbocycles. The maximum absolute atomic E-state index is 12.7. The first-order valence-electron chi connectivity index (χ1n) is 8.28. The Labute approximate surface area is 144 Å². The molecule has 0 unspecified atom stereocenters. The van der Waals surface area contributed by atoms with Gasteiger partial charge in [0.05, 0.1) is 16.6 Å². The summed E-state index contributed by atoms with van der Waals surface area (Å²) in [7, 11) is 0. The van der Waals surface area contributed by atoms with Crippen molar-refractivity contribution in [3.8, 4) is 0 Å². The van der Waals surface area contributed by atoms with Crippen LogP contribution in [0, 0.1) is 0 Å². The van der Waals surface area contributed by atoms with Crippen LogP contribution in [0.15, 0.2) is 79.0 Å². The summed E-state index contributed by atoms with van der Waals surface area (Å²) in [6, 6.07) is 23.9. The summed E-state index contributed by atoms with van der Waals surface area (Å²) in [6.45, 7) is 0.275. The number of ether oxygens (including phenoxy) is 1. The van der Waals surface area contributed by atoms with Gasteiger partial charge in [-0.3, -0.25) is 0 Å². The van der Waals surface area contributed by atoms with Gasteiger partial charge in [-0.05, 0) is 17.7 Å². The number of esters is 1. The quantitative estimate of drug-likeness (QED) is 0.435. The van der Waals surface area contributed by atoms with E-state index in [1.807, 2.05) is 48.7 Å². The smallest absolute Gasteiger partial charge is 0.340 e. The highest BCUT2D eigenvalue weighted by molar-refractivity contribution is 6.18. The lowest BCUT2D eigenvalue weighted by molar-refractivity contribution is 0.0475. The number of nitrogens with zero attached hydrogens (tertiary/aromatic N) is 1. The second-order valence-electron chi connectivity index (χ2n) is 6.19. The van der Waals surface area contributed by atoms with Gasteiger partial charge < -0.3 is 9.14 Å². The maximum atomic E-state index is 12.7. The summed E-state index contributed by atoms with van der Waals surface area (Å²) in [5, 5.41) is 3.42. The highest BCUT2D eigenvalue weighted by atomic mass is 16.5. The van der Waals surface area contributed by atoms with Gasteiger partial charge in [-0.15, -0.1) is 0 Å². The van der Waals surface area contributed by atoms with Crippen LogP contribution >= 0.6 is 0 Å². The SMILES string of the molecule is O=C(OCc1ccccc1)c1cccc2c3cccc4ccn(c12)c43. The molecular weight excluding hydrogens is 310 g/mol. The summed E-state index contributed by atoms with van der Waals surface area (Å²) in [5.41, 5.74) is 3.65. The van der Waals surface area contributed by atoms with Crippen LogP contribution in [0.3, 0.4) is 0 Å². The lowest BCUT2D eigenvalue weighted by Crippen LogP contribution is -2.06. The van der Waals surface area contributed by atoms with E-state index in [0.29, 0.717) is 5.56 Å². The Balaban J connectivity index is 1.62. The molecule has 0 aliphatic rings. The topological polar surface area (TPSA) is 30.7 Å². The minimum Gasteiger partial charge on any atom is -0.457 e. The van der Waals surface area contributed by atoms with Crippen LogP contribution < -0.4 is 0 Å². The van der Waals surface area contributed by atoms with Crippen LogP contribution in [0.5, 0.6) is 0 Å². The Morgan fingerprint density at radius 2 is 1.56 bits per heavy atom. The van der Waals surface area contributed by atoms with E-state index in [1.165, 1.54) is 5.39 Å². The zero-order valence-corrected chi connectivity index (χ0v) is 13.5. The fraction of sp³-hybridized carbons (Fsp3) is 0.0455. The highest BCUT2D eigenvalue weighted by Gasteiger charge is 2.18. The van der Waals surface area contributed by atoms with Crippen molar-refractivity contribution in [3.63, 3.8) is 0 Å². The number of hydrogen-bond acceptors (Lipinski definition) is 2. The van der Waals surface area contributed by atoms with Crippen LogP contribution in [-0.2, 0) is 11.3 Å². The van der Waals surface area contributed by atoms with Crippen molar-refractivity contribution in [2.45, 2.75) is 6.61 Å². The van der Waals surface area contributed by atoms with E-state index < -0.39 is 0 Å². The molecule has 5 rings (SSSR count). The van der Waals surface area contributed by atoms with Crippen molar-refractivity contribution in [2.75, 3.05) is 0 Å². The van der Waals surface area contributed by atoms with E-state index in [9.17, 15) is 4.79 Å². The van der Waals surface area contributed by atoms with Crippen LogP contribution in [-0.4, -0.2) is 10.4 Å². The van der Waals surface area contributed by atoms with Gasteiger partial charge in [-0.25, -0.2) is 4.79 Å². The number of rotatable bonds is 3. The summed E-state index contributed by atoms with van der Waals surface area (Å²) in [6.07, 6.45) is 2.02. The second-order valence-corrected chi connectivity index (χ2v) is 6.19. The maximum Gasteiger partial charge on any atom is 0.340 e. The number of benzene rings is 3. The Morgan fingerprint density at radius 1 is 0.800 bits per heavy atom. The average molecular weight is 325 g/mol. The first kappa shape index (κ1) is 14.1. The number of carbonyl (C=O) groups is 1. The number of para-hydroxylation sites is 2. The van der Waals surface area contributed by atoms with Crippen LogP contribution in [0.25, 0.3) is 27.2 Å². The molecule has 0 atom stereocenters. The van der Waals surface area contributed by atoms with E-state index in [2.05, 4.69) is 34.7 Å². The molecule has 0 aliphatic carbocycles. The number of fused-ring (bicyclic) bond motifs is 3. The lowest BCUT2D eigenvalue weighted by atomic mass is 10.1. The Kier molecular flexibility index (Phi) is 3.01. The molecular formula is C22H15NO2. The number of hydrogen-bond donors (Lipinski definition) is 0. The molecule has 0 N–H and O–H groups in total. The van der Waals surface area contributed by atoms with E-state index in [4.69, 9.17) is 4.74 Å². The predicted octanol–water partition coefficient (Wildman–Crippen LogP) is 5.04. The molecule has 2 aromatic heterocycles. The Hall–Kier alpha value is -3.33. The lowest BCUT2D eigenvalue weighted by Gasteiger charge is -2.06. The Bertz CT molecular complexity index is 1200. The molecule has 0 fully saturated rings. The van der Waals surface area contributed by atoms with Crippen LogP contribution in [0.4, 0.5) is 0 Å². The van der Waals surface area contributed by atoms with Gasteiger partial charge in [0.1, 0.15) is 6.61 Å². The molecule has 3 heteroatoms. The van der Waals surface area contributed by atoms with Crippen molar-refractivity contribution in [1.29, 1.82) is 0 Å².